The van der Waals surface area contributed by atoms with Crippen molar-refractivity contribution in [3.05, 3.63) is 11.9 Å². The zero-order valence-corrected chi connectivity index (χ0v) is 13.4. The molecule has 0 radical (unpaired) electrons. The number of carboxylic acids is 1. The third kappa shape index (κ3) is 5.90. The second-order valence-corrected chi connectivity index (χ2v) is 6.43. The average molecular weight is 313 g/mol. The first-order valence-corrected chi connectivity index (χ1v) is 7.15. The van der Waals surface area contributed by atoms with Gasteiger partial charge in [-0.25, -0.2) is 9.59 Å². The molecule has 0 aliphatic rings. The highest BCUT2D eigenvalue weighted by atomic mass is 32.1. The molecular weight excluding hydrogens is 294 g/mol. The molecule has 0 saturated carbocycles. The molecule has 7 nitrogen and oxygen atoms in total. The second kappa shape index (κ2) is 6.66. The van der Waals surface area contributed by atoms with E-state index in [2.05, 4.69) is 14.7 Å². The van der Waals surface area contributed by atoms with Gasteiger partial charge in [0.2, 0.25) is 5.13 Å². The number of hydrogen-bond acceptors (Lipinski definition) is 6. The second-order valence-electron chi connectivity index (χ2n) is 5.68. The highest BCUT2D eigenvalue weighted by Gasteiger charge is 2.20. The maximum atomic E-state index is 11.6. The third-order valence-electron chi connectivity index (χ3n) is 2.01. The lowest BCUT2D eigenvalue weighted by Crippen LogP contribution is -2.27. The maximum Gasteiger partial charge on any atom is 0.414 e. The van der Waals surface area contributed by atoms with Crippen molar-refractivity contribution < 1.29 is 19.4 Å². The number of nitrogens with zero attached hydrogens (tertiary/aromatic N) is 2. The molecule has 0 aliphatic carbocycles. The van der Waals surface area contributed by atoms with E-state index in [0.717, 1.165) is 11.5 Å². The van der Waals surface area contributed by atoms with E-state index in [1.54, 1.807) is 26.8 Å². The van der Waals surface area contributed by atoms with Gasteiger partial charge in [0.1, 0.15) is 11.2 Å². The molecular formula is C13H19N3O4S. The van der Waals surface area contributed by atoms with E-state index in [-0.39, 0.29) is 22.4 Å². The monoisotopic (exact) mass is 313 g/mol. The molecule has 0 aliphatic heterocycles. The third-order valence-corrected chi connectivity index (χ3v) is 2.64. The molecule has 1 amide bonds. The van der Waals surface area contributed by atoms with Gasteiger partial charge in [0, 0.05) is 11.5 Å². The van der Waals surface area contributed by atoms with E-state index in [9.17, 15) is 9.59 Å². The van der Waals surface area contributed by atoms with Crippen LogP contribution >= 0.6 is 11.5 Å². The Labute approximate surface area is 127 Å². The van der Waals surface area contributed by atoms with Gasteiger partial charge < -0.3 is 9.84 Å². The normalized spacial score (nSPS) is 12.4. The number of hydrogen-bond donors (Lipinski definition) is 2. The van der Waals surface area contributed by atoms with Crippen molar-refractivity contribution in [1.82, 2.24) is 9.36 Å². The van der Waals surface area contributed by atoms with Crippen LogP contribution in [0.4, 0.5) is 9.93 Å². The molecule has 1 heterocycles. The van der Waals surface area contributed by atoms with Crippen molar-refractivity contribution in [2.24, 2.45) is 5.92 Å². The van der Waals surface area contributed by atoms with Crippen molar-refractivity contribution in [1.29, 1.82) is 0 Å². The topological polar surface area (TPSA) is 101 Å². The number of amides is 1. The van der Waals surface area contributed by atoms with Gasteiger partial charge in [-0.1, -0.05) is 19.9 Å². The van der Waals surface area contributed by atoms with E-state index in [1.165, 1.54) is 0 Å². The molecule has 2 N–H and O–H groups in total. The van der Waals surface area contributed by atoms with Crippen molar-refractivity contribution in [2.45, 2.75) is 40.2 Å². The fourth-order valence-corrected chi connectivity index (χ4v) is 1.92. The van der Waals surface area contributed by atoms with Crippen LogP contribution in [-0.2, 0) is 9.53 Å². The molecule has 0 saturated heterocycles. The van der Waals surface area contributed by atoms with Crippen LogP contribution in [-0.4, -0.2) is 32.1 Å². The van der Waals surface area contributed by atoms with E-state index < -0.39 is 17.7 Å². The lowest BCUT2D eigenvalue weighted by Gasteiger charge is -2.18. The van der Waals surface area contributed by atoms with E-state index in [4.69, 9.17) is 9.84 Å². The Hall–Kier alpha value is -1.96. The van der Waals surface area contributed by atoms with Gasteiger partial charge in [-0.15, -0.1) is 0 Å². The molecule has 0 atom stereocenters. The molecule has 0 aromatic carbocycles. The number of carbonyl (C=O) groups excluding carboxylic acids is 1. The van der Waals surface area contributed by atoms with Gasteiger partial charge in [0.05, 0.1) is 0 Å². The maximum absolute atomic E-state index is 11.6. The molecule has 0 unspecified atom stereocenters. The molecule has 1 aromatic heterocycles. The van der Waals surface area contributed by atoms with Gasteiger partial charge >= 0.3 is 12.1 Å². The highest BCUT2D eigenvalue weighted by molar-refractivity contribution is 7.10. The summed E-state index contributed by atoms with van der Waals surface area (Å²) in [7, 11) is 0. The summed E-state index contributed by atoms with van der Waals surface area (Å²) in [5.41, 5.74) is -0.611. The molecule has 0 fully saturated rings. The summed E-state index contributed by atoms with van der Waals surface area (Å²) in [5, 5.41) is 11.8. The van der Waals surface area contributed by atoms with E-state index in [1.807, 2.05) is 13.8 Å². The summed E-state index contributed by atoms with van der Waals surface area (Å²) < 4.78 is 9.03. The van der Waals surface area contributed by atoms with Gasteiger partial charge in [0.25, 0.3) is 0 Å². The number of carboxylic acid groups (broad SMARTS) is 1. The van der Waals surface area contributed by atoms with Crippen LogP contribution in [0.25, 0.3) is 5.57 Å². The molecule has 1 aromatic rings. The van der Waals surface area contributed by atoms with Crippen LogP contribution in [0.1, 0.15) is 40.4 Å². The van der Waals surface area contributed by atoms with Crippen molar-refractivity contribution in [2.75, 3.05) is 5.32 Å². The SMILES string of the molecule is CC(C)/C=C(\C(=O)O)c1nsc(NC(=O)OC(C)(C)C)n1. The van der Waals surface area contributed by atoms with Crippen LogP contribution in [0.15, 0.2) is 6.08 Å². The molecule has 8 heteroatoms. The predicted molar refractivity (Wildman–Crippen MR) is 80.2 cm³/mol. The Bertz CT molecular complexity index is 558. The lowest BCUT2D eigenvalue weighted by molar-refractivity contribution is -0.130. The molecule has 116 valence electrons. The minimum atomic E-state index is -1.11. The zero-order chi connectivity index (χ0) is 16.2. The van der Waals surface area contributed by atoms with E-state index >= 15 is 0 Å². The fourth-order valence-electron chi connectivity index (χ4n) is 1.35. The number of rotatable bonds is 4. The van der Waals surface area contributed by atoms with Gasteiger partial charge in [0.15, 0.2) is 5.82 Å². The van der Waals surface area contributed by atoms with E-state index in [0.29, 0.717) is 0 Å². The number of anilines is 1. The zero-order valence-electron chi connectivity index (χ0n) is 12.6. The first kappa shape index (κ1) is 17.1. The smallest absolute Gasteiger partial charge is 0.414 e. The molecule has 0 bridgehead atoms. The number of aromatic nitrogens is 2. The van der Waals surface area contributed by atoms with Gasteiger partial charge in [-0.3, -0.25) is 5.32 Å². The van der Waals surface area contributed by atoms with Crippen molar-refractivity contribution in [3.8, 4) is 0 Å². The minimum Gasteiger partial charge on any atom is -0.478 e. The predicted octanol–water partition coefficient (Wildman–Crippen LogP) is 3.01. The van der Waals surface area contributed by atoms with Gasteiger partial charge in [-0.05, 0) is 26.7 Å². The molecule has 21 heavy (non-hydrogen) atoms. The standard InChI is InChI=1S/C13H19N3O4S/c1-7(2)6-8(10(17)18)9-14-11(21-16-9)15-12(19)20-13(3,4)5/h6-7H,1-5H3,(H,17,18)(H,14,15,16,19)/b8-6-. The summed E-state index contributed by atoms with van der Waals surface area (Å²) in [5.74, 6) is -0.987. The van der Waals surface area contributed by atoms with Crippen LogP contribution in [0, 0.1) is 5.92 Å². The summed E-state index contributed by atoms with van der Waals surface area (Å²) in [6.07, 6.45) is 0.900. The van der Waals surface area contributed by atoms with Crippen LogP contribution in [0.2, 0.25) is 0 Å². The Morgan fingerprint density at radius 1 is 1.38 bits per heavy atom. The van der Waals surface area contributed by atoms with Gasteiger partial charge in [-0.2, -0.15) is 9.36 Å². The highest BCUT2D eigenvalue weighted by Crippen LogP contribution is 2.20. The summed E-state index contributed by atoms with van der Waals surface area (Å²) in [4.78, 5) is 26.8. The lowest BCUT2D eigenvalue weighted by atomic mass is 10.1. The quantitative estimate of drug-likeness (QED) is 0.829. The Morgan fingerprint density at radius 2 is 2.00 bits per heavy atom. The number of nitrogens with one attached hydrogen (secondary N) is 1. The Kier molecular flexibility index (Phi) is 5.42. The summed E-state index contributed by atoms with van der Waals surface area (Å²) in [6, 6.07) is 0. The largest absolute Gasteiger partial charge is 0.478 e. The minimum absolute atomic E-state index is 0.0125. The van der Waals surface area contributed by atoms with Crippen molar-refractivity contribution in [3.63, 3.8) is 0 Å². The van der Waals surface area contributed by atoms with Crippen molar-refractivity contribution >= 4 is 34.3 Å². The first-order chi connectivity index (χ1) is 9.58. The summed E-state index contributed by atoms with van der Waals surface area (Å²) in [6.45, 7) is 8.94. The molecule has 1 rings (SSSR count). The van der Waals surface area contributed by atoms with Crippen LogP contribution in [0.3, 0.4) is 0 Å². The summed E-state index contributed by atoms with van der Waals surface area (Å²) >= 11 is 0.899. The first-order valence-electron chi connectivity index (χ1n) is 6.37. The number of carbonyl (C=O) groups is 2. The Morgan fingerprint density at radius 3 is 2.48 bits per heavy atom. The Balaban J connectivity index is 2.86. The number of ether oxygens (including phenoxy) is 1. The fraction of sp³-hybridized carbons (Fsp3) is 0.538. The average Bonchev–Trinajstić information content (AvgIpc) is 2.70. The number of aliphatic carboxylic acids is 1. The molecule has 0 spiro atoms. The van der Waals surface area contributed by atoms with Crippen LogP contribution in [0.5, 0.6) is 0 Å². The van der Waals surface area contributed by atoms with Crippen LogP contribution < -0.4 is 5.32 Å². The number of allylic oxidation sites excluding steroid dienone is 1.